The third kappa shape index (κ3) is 3.54. The number of nitrogens with one attached hydrogen (secondary N) is 1. The van der Waals surface area contributed by atoms with E-state index in [0.29, 0.717) is 17.9 Å². The minimum atomic E-state index is -0.864. The van der Waals surface area contributed by atoms with Gasteiger partial charge in [0.1, 0.15) is 5.54 Å². The lowest BCUT2D eigenvalue weighted by molar-refractivity contribution is -0.144. The Bertz CT molecular complexity index is 275. The van der Waals surface area contributed by atoms with Crippen molar-refractivity contribution >= 4 is 16.8 Å². The molecular weight excluding hydrogens is 228 g/mol. The summed E-state index contributed by atoms with van der Waals surface area (Å²) in [5, 5.41) is 11.9. The number of likely N-dealkylation sites (N-methyl/N-ethyl adjacent to an activating group) is 1. The molecule has 1 aliphatic rings. The molecule has 1 saturated heterocycles. The highest BCUT2D eigenvalue weighted by molar-refractivity contribution is 7.85. The van der Waals surface area contributed by atoms with E-state index in [9.17, 15) is 9.00 Å². The summed E-state index contributed by atoms with van der Waals surface area (Å²) in [5.74, 6) is 0.600. The van der Waals surface area contributed by atoms with Crippen LogP contribution < -0.4 is 5.32 Å². The summed E-state index contributed by atoms with van der Waals surface area (Å²) in [7, 11) is 0.996. The van der Waals surface area contributed by atoms with E-state index in [1.54, 1.807) is 14.0 Å². The molecule has 0 aromatic rings. The van der Waals surface area contributed by atoms with E-state index >= 15 is 0 Å². The maximum atomic E-state index is 11.2. The number of carboxylic acid groups (broad SMARTS) is 1. The Balaban J connectivity index is 2.38. The quantitative estimate of drug-likeness (QED) is 0.687. The zero-order valence-corrected chi connectivity index (χ0v) is 10.7. The van der Waals surface area contributed by atoms with Gasteiger partial charge in [-0.15, -0.1) is 0 Å². The van der Waals surface area contributed by atoms with E-state index in [2.05, 4.69) is 10.2 Å². The van der Waals surface area contributed by atoms with Crippen LogP contribution in [0.2, 0.25) is 0 Å². The molecule has 1 unspecified atom stereocenters. The van der Waals surface area contributed by atoms with Crippen LogP contribution in [0, 0.1) is 0 Å². The van der Waals surface area contributed by atoms with Gasteiger partial charge in [0, 0.05) is 41.9 Å². The molecule has 0 spiro atoms. The van der Waals surface area contributed by atoms with E-state index in [0.717, 1.165) is 19.6 Å². The molecule has 5 nitrogen and oxygen atoms in total. The second-order valence-electron chi connectivity index (χ2n) is 4.33. The largest absolute Gasteiger partial charge is 0.480 e. The van der Waals surface area contributed by atoms with Gasteiger partial charge < -0.3 is 15.3 Å². The van der Waals surface area contributed by atoms with Crippen LogP contribution in [0.15, 0.2) is 0 Å². The molecule has 16 heavy (non-hydrogen) atoms. The van der Waals surface area contributed by atoms with Crippen LogP contribution in [-0.2, 0) is 15.6 Å². The number of hydrogen-bond donors (Lipinski definition) is 2. The number of carboxylic acids is 1. The molecule has 0 aliphatic carbocycles. The first kappa shape index (κ1) is 13.6. The molecule has 94 valence electrons. The number of carbonyl (C=O) groups is 1. The van der Waals surface area contributed by atoms with E-state index in [4.69, 9.17) is 5.11 Å². The van der Waals surface area contributed by atoms with Gasteiger partial charge in [0.25, 0.3) is 0 Å². The minimum absolute atomic E-state index is 0.561. The van der Waals surface area contributed by atoms with Crippen molar-refractivity contribution in [3.63, 3.8) is 0 Å². The molecule has 1 rings (SSSR count). The van der Waals surface area contributed by atoms with E-state index in [-0.39, 0.29) is 0 Å². The highest BCUT2D eigenvalue weighted by atomic mass is 32.2. The molecule has 1 fully saturated rings. The van der Waals surface area contributed by atoms with Gasteiger partial charge >= 0.3 is 5.97 Å². The van der Waals surface area contributed by atoms with Crippen molar-refractivity contribution in [3.8, 4) is 0 Å². The minimum Gasteiger partial charge on any atom is -0.480 e. The Morgan fingerprint density at radius 3 is 2.50 bits per heavy atom. The maximum absolute atomic E-state index is 11.2. The predicted octanol–water partition coefficient (Wildman–Crippen LogP) is -0.496. The van der Waals surface area contributed by atoms with E-state index in [1.807, 2.05) is 0 Å². The first-order valence-corrected chi connectivity index (χ1v) is 6.96. The molecule has 0 aromatic carbocycles. The van der Waals surface area contributed by atoms with Crippen LogP contribution in [0.4, 0.5) is 0 Å². The Morgan fingerprint density at radius 1 is 1.50 bits per heavy atom. The van der Waals surface area contributed by atoms with E-state index in [1.165, 1.54) is 0 Å². The average Bonchev–Trinajstić information content (AvgIpc) is 2.27. The third-order valence-corrected chi connectivity index (χ3v) is 4.50. The van der Waals surface area contributed by atoms with Crippen LogP contribution in [0.1, 0.15) is 13.3 Å². The smallest absolute Gasteiger partial charge is 0.323 e. The fourth-order valence-electron chi connectivity index (χ4n) is 1.62. The SMILES string of the molecule is CNC(C)(CCN1CCS(=O)CC1)C(=O)O. The van der Waals surface area contributed by atoms with Gasteiger partial charge in [0.2, 0.25) is 0 Å². The topological polar surface area (TPSA) is 69.6 Å². The van der Waals surface area contributed by atoms with Crippen LogP contribution in [0.3, 0.4) is 0 Å². The van der Waals surface area contributed by atoms with Crippen molar-refractivity contribution in [2.45, 2.75) is 18.9 Å². The fourth-order valence-corrected chi connectivity index (χ4v) is 2.75. The number of hydrogen-bond acceptors (Lipinski definition) is 4. The van der Waals surface area contributed by atoms with Crippen molar-refractivity contribution in [1.82, 2.24) is 10.2 Å². The van der Waals surface area contributed by atoms with Crippen LogP contribution in [0.25, 0.3) is 0 Å². The number of aliphatic carboxylic acids is 1. The Morgan fingerprint density at radius 2 is 2.06 bits per heavy atom. The maximum Gasteiger partial charge on any atom is 0.323 e. The normalized spacial score (nSPS) is 22.9. The number of rotatable bonds is 5. The first-order valence-electron chi connectivity index (χ1n) is 5.47. The summed E-state index contributed by atoms with van der Waals surface area (Å²) >= 11 is 0. The van der Waals surface area contributed by atoms with Crippen molar-refractivity contribution in [1.29, 1.82) is 0 Å². The summed E-state index contributed by atoms with van der Waals surface area (Å²) in [6.07, 6.45) is 0.561. The van der Waals surface area contributed by atoms with Gasteiger partial charge in [-0.1, -0.05) is 0 Å². The van der Waals surface area contributed by atoms with Gasteiger partial charge in [-0.2, -0.15) is 0 Å². The van der Waals surface area contributed by atoms with Gasteiger partial charge in [0.05, 0.1) is 0 Å². The van der Waals surface area contributed by atoms with Crippen LogP contribution in [-0.4, -0.2) is 63.9 Å². The molecule has 0 bridgehead atoms. The average molecular weight is 248 g/mol. The van der Waals surface area contributed by atoms with Crippen molar-refractivity contribution < 1.29 is 14.1 Å². The monoisotopic (exact) mass is 248 g/mol. The standard InChI is InChI=1S/C10H20N2O3S/c1-10(11-2,9(13)14)3-4-12-5-7-16(15)8-6-12/h11H,3-8H2,1-2H3,(H,13,14). The lowest BCUT2D eigenvalue weighted by Gasteiger charge is -2.30. The first-order chi connectivity index (χ1) is 7.48. The van der Waals surface area contributed by atoms with Crippen molar-refractivity contribution in [3.05, 3.63) is 0 Å². The zero-order valence-electron chi connectivity index (χ0n) is 9.86. The van der Waals surface area contributed by atoms with Gasteiger partial charge in [0.15, 0.2) is 0 Å². The molecule has 6 heteroatoms. The lowest BCUT2D eigenvalue weighted by Crippen LogP contribution is -2.50. The van der Waals surface area contributed by atoms with Gasteiger partial charge in [-0.05, 0) is 20.4 Å². The third-order valence-electron chi connectivity index (χ3n) is 3.22. The van der Waals surface area contributed by atoms with Crippen molar-refractivity contribution in [2.75, 3.05) is 38.2 Å². The molecule has 0 saturated carbocycles. The van der Waals surface area contributed by atoms with Crippen molar-refractivity contribution in [2.24, 2.45) is 0 Å². The summed E-state index contributed by atoms with van der Waals surface area (Å²) < 4.78 is 11.2. The highest BCUT2D eigenvalue weighted by Crippen LogP contribution is 2.11. The summed E-state index contributed by atoms with van der Waals surface area (Å²) in [6.45, 7) is 4.05. The van der Waals surface area contributed by atoms with E-state index < -0.39 is 22.3 Å². The molecular formula is C10H20N2O3S. The molecule has 1 atom stereocenters. The molecule has 1 aliphatic heterocycles. The molecule has 2 N–H and O–H groups in total. The zero-order chi connectivity index (χ0) is 12.2. The molecule has 0 aromatic heterocycles. The predicted molar refractivity (Wildman–Crippen MR) is 64.0 cm³/mol. The summed E-state index contributed by atoms with van der Waals surface area (Å²) in [6, 6.07) is 0. The fraction of sp³-hybridized carbons (Fsp3) is 0.900. The Kier molecular flexibility index (Phi) is 4.89. The highest BCUT2D eigenvalue weighted by Gasteiger charge is 2.31. The number of nitrogens with zero attached hydrogens (tertiary/aromatic N) is 1. The second kappa shape index (κ2) is 5.75. The Labute approximate surface area is 98.7 Å². The van der Waals surface area contributed by atoms with Crippen LogP contribution >= 0.6 is 0 Å². The molecule has 1 heterocycles. The summed E-state index contributed by atoms with van der Waals surface area (Å²) in [5.41, 5.74) is -0.864. The lowest BCUT2D eigenvalue weighted by atomic mass is 9.98. The molecule has 0 radical (unpaired) electrons. The van der Waals surface area contributed by atoms with Crippen LogP contribution in [0.5, 0.6) is 0 Å². The summed E-state index contributed by atoms with van der Waals surface area (Å²) in [4.78, 5) is 13.2. The molecule has 0 amide bonds. The van der Waals surface area contributed by atoms with Gasteiger partial charge in [-0.25, -0.2) is 0 Å². The second-order valence-corrected chi connectivity index (χ2v) is 6.02. The Hall–Kier alpha value is -0.460. The van der Waals surface area contributed by atoms with Gasteiger partial charge in [-0.3, -0.25) is 9.00 Å².